The highest BCUT2D eigenvalue weighted by atomic mass is 35.5. The quantitative estimate of drug-likeness (QED) is 0.0769. The number of nitrogens with zero attached hydrogens (tertiary/aromatic N) is 5. The summed E-state index contributed by atoms with van der Waals surface area (Å²) >= 11 is 5.78. The van der Waals surface area contributed by atoms with Crippen LogP contribution in [0.1, 0.15) is 37.4 Å². The average molecular weight is 802 g/mol. The molecule has 0 bridgehead atoms. The van der Waals surface area contributed by atoms with E-state index < -0.39 is 5.97 Å². The minimum atomic E-state index is -0.960. The third-order valence-electron chi connectivity index (χ3n) is 9.59. The van der Waals surface area contributed by atoms with E-state index >= 15 is 0 Å². The zero-order valence-electron chi connectivity index (χ0n) is 31.5. The molecule has 14 nitrogen and oxygen atoms in total. The number of carbonyl (C=O) groups is 2. The second-order valence-corrected chi connectivity index (χ2v) is 13.9. The van der Waals surface area contributed by atoms with Gasteiger partial charge in [-0.2, -0.15) is 10.2 Å². The van der Waals surface area contributed by atoms with Crippen molar-refractivity contribution in [3.8, 4) is 23.0 Å². The first-order valence-electron chi connectivity index (χ1n) is 18.5. The predicted octanol–water partition coefficient (Wildman–Crippen LogP) is 8.34. The highest BCUT2D eigenvalue weighted by Crippen LogP contribution is 2.28. The Bertz CT molecular complexity index is 3090. The molecule has 0 spiro atoms. The summed E-state index contributed by atoms with van der Waals surface area (Å²) in [5.74, 6) is 0.133. The molecule has 10 aromatic rings. The maximum atomic E-state index is 12.5. The molecule has 0 aliphatic heterocycles. The van der Waals surface area contributed by atoms with Crippen LogP contribution in [0.15, 0.2) is 128 Å². The second-order valence-electron chi connectivity index (χ2n) is 13.5. The smallest absolute Gasteiger partial charge is 0.335 e. The lowest BCUT2D eigenvalue weighted by Crippen LogP contribution is -2.22. The van der Waals surface area contributed by atoms with Crippen molar-refractivity contribution in [3.05, 3.63) is 160 Å². The van der Waals surface area contributed by atoms with Crippen molar-refractivity contribution >= 4 is 67.4 Å². The Morgan fingerprint density at radius 3 is 1.80 bits per heavy atom. The van der Waals surface area contributed by atoms with Crippen LogP contribution in [0, 0.1) is 6.92 Å². The van der Waals surface area contributed by atoms with Gasteiger partial charge in [-0.1, -0.05) is 78.3 Å². The number of aromatic carboxylic acids is 1. The molecule has 0 atom stereocenters. The van der Waals surface area contributed by atoms with Gasteiger partial charge in [0.15, 0.2) is 11.6 Å². The standard InChI is InChI=1S/C21H15ClN6O.C15H10N4O2.C8H11N/c22-18-8-5-12(10-23-18)11-24-21(29)13-6-7-16-17(9-13)26-20(25-16)19-14-3-1-2-4-15(14)27-28-19;20-15(21)8-5-6-11-12(7-8)17-14(16-11)13-9-3-1-2-4-10(9)18-19-13;1-7-4-2-3-5-8(7)6-9/h1-10H,11H2,(H,24,29)(H,25,26)(H,27,28);1-7H,(H,16,17)(H,18,19)(H,20,21);2-5H,6,9H2,1H3. The normalized spacial score (nSPS) is 11.0. The maximum Gasteiger partial charge on any atom is 0.335 e. The molecule has 0 radical (unpaired) electrons. The first-order chi connectivity index (χ1) is 28.7. The van der Waals surface area contributed by atoms with Gasteiger partial charge < -0.3 is 26.1 Å². The number of rotatable bonds is 7. The molecular weight excluding hydrogens is 766 g/mol. The van der Waals surface area contributed by atoms with Gasteiger partial charge in [0.25, 0.3) is 5.91 Å². The molecule has 0 saturated carbocycles. The zero-order valence-corrected chi connectivity index (χ0v) is 32.2. The van der Waals surface area contributed by atoms with E-state index in [1.807, 2.05) is 72.8 Å². The molecule has 0 saturated heterocycles. The van der Waals surface area contributed by atoms with Crippen molar-refractivity contribution in [2.45, 2.75) is 20.0 Å². The third-order valence-corrected chi connectivity index (χ3v) is 9.81. The van der Waals surface area contributed by atoms with E-state index in [9.17, 15) is 9.59 Å². The number of nitrogens with two attached hydrogens (primary N) is 1. The Balaban J connectivity index is 0.000000140. The van der Waals surface area contributed by atoms with Crippen molar-refractivity contribution in [3.63, 3.8) is 0 Å². The largest absolute Gasteiger partial charge is 0.478 e. The molecular formula is C44H36ClN11O3. The summed E-state index contributed by atoms with van der Waals surface area (Å²) in [6, 6.07) is 37.5. The number of pyridine rings is 1. The lowest BCUT2D eigenvalue weighted by Gasteiger charge is -2.05. The Labute approximate surface area is 340 Å². The molecule has 0 aliphatic carbocycles. The van der Waals surface area contributed by atoms with E-state index in [1.165, 1.54) is 17.2 Å². The average Bonchev–Trinajstić information content (AvgIpc) is 4.07. The van der Waals surface area contributed by atoms with E-state index in [4.69, 9.17) is 22.4 Å². The number of aryl methyl sites for hydroxylation is 1. The number of H-pyrrole nitrogens is 4. The summed E-state index contributed by atoms with van der Waals surface area (Å²) in [5, 5.41) is 28.9. The minimum absolute atomic E-state index is 0.178. The molecule has 0 aliphatic rings. The molecule has 5 aromatic heterocycles. The van der Waals surface area contributed by atoms with Crippen LogP contribution < -0.4 is 11.1 Å². The number of halogens is 1. The van der Waals surface area contributed by atoms with Crippen LogP contribution in [0.3, 0.4) is 0 Å². The number of carboxylic acid groups (broad SMARTS) is 1. The summed E-state index contributed by atoms with van der Waals surface area (Å²) in [4.78, 5) is 43.0. The molecule has 5 aromatic carbocycles. The zero-order chi connectivity index (χ0) is 40.9. The number of para-hydroxylation sites is 2. The van der Waals surface area contributed by atoms with Crippen LogP contribution in [-0.2, 0) is 13.1 Å². The van der Waals surface area contributed by atoms with Crippen molar-refractivity contribution < 1.29 is 14.7 Å². The predicted molar refractivity (Wildman–Crippen MR) is 229 cm³/mol. The van der Waals surface area contributed by atoms with Gasteiger partial charge in [0.1, 0.15) is 16.5 Å². The SMILES string of the molecule is Cc1ccccc1CN.O=C(NCc1ccc(Cl)nc1)c1ccc2nc(-c3n[nH]c4ccccc34)[nH]c2c1.O=C(O)c1ccc2nc(-c3n[nH]c4ccccc34)[nH]c2c1. The molecule has 5 heterocycles. The van der Waals surface area contributed by atoms with E-state index in [0.717, 1.165) is 49.8 Å². The summed E-state index contributed by atoms with van der Waals surface area (Å²) in [7, 11) is 0. The molecule has 15 heteroatoms. The van der Waals surface area contributed by atoms with Gasteiger partial charge in [-0.05, 0) is 78.2 Å². The molecule has 10 rings (SSSR count). The Hall–Kier alpha value is -7.68. The van der Waals surface area contributed by atoms with E-state index in [1.54, 1.807) is 36.5 Å². The highest BCUT2D eigenvalue weighted by molar-refractivity contribution is 6.29. The fourth-order valence-electron chi connectivity index (χ4n) is 6.44. The molecule has 8 N–H and O–H groups in total. The van der Waals surface area contributed by atoms with Crippen molar-refractivity contribution in [2.75, 3.05) is 0 Å². The summed E-state index contributed by atoms with van der Waals surface area (Å²) < 4.78 is 0. The third kappa shape index (κ3) is 8.39. The first-order valence-corrected chi connectivity index (χ1v) is 18.8. The highest BCUT2D eigenvalue weighted by Gasteiger charge is 2.15. The number of aromatic amines is 4. The Morgan fingerprint density at radius 1 is 0.695 bits per heavy atom. The van der Waals surface area contributed by atoms with Crippen LogP contribution in [0.2, 0.25) is 5.15 Å². The number of hydrogen-bond acceptors (Lipinski definition) is 8. The second kappa shape index (κ2) is 16.8. The van der Waals surface area contributed by atoms with Crippen molar-refractivity contribution in [2.24, 2.45) is 5.73 Å². The summed E-state index contributed by atoms with van der Waals surface area (Å²) in [5.41, 5.74) is 15.9. The molecule has 292 valence electrons. The summed E-state index contributed by atoms with van der Waals surface area (Å²) in [6.07, 6.45) is 1.64. The van der Waals surface area contributed by atoms with Crippen LogP contribution in [0.5, 0.6) is 0 Å². The molecule has 59 heavy (non-hydrogen) atoms. The van der Waals surface area contributed by atoms with E-state index in [2.05, 4.69) is 69.7 Å². The van der Waals surface area contributed by atoms with Crippen LogP contribution >= 0.6 is 11.6 Å². The molecule has 0 fully saturated rings. The van der Waals surface area contributed by atoms with Gasteiger partial charge in [-0.3, -0.25) is 15.0 Å². The number of hydrogen-bond donors (Lipinski definition) is 7. The molecule has 1 amide bonds. The van der Waals surface area contributed by atoms with Gasteiger partial charge in [0.05, 0.1) is 38.7 Å². The number of fused-ring (bicyclic) bond motifs is 4. The number of carbonyl (C=O) groups excluding carboxylic acids is 1. The number of aromatic nitrogens is 9. The number of nitrogens with one attached hydrogen (secondary N) is 5. The van der Waals surface area contributed by atoms with Crippen molar-refractivity contribution in [1.29, 1.82) is 0 Å². The van der Waals surface area contributed by atoms with E-state index in [0.29, 0.717) is 46.5 Å². The van der Waals surface area contributed by atoms with Crippen LogP contribution in [-0.4, -0.2) is 62.3 Å². The lowest BCUT2D eigenvalue weighted by molar-refractivity contribution is 0.0696. The number of benzene rings is 5. The van der Waals surface area contributed by atoms with Crippen LogP contribution in [0.25, 0.3) is 66.9 Å². The fourth-order valence-corrected chi connectivity index (χ4v) is 6.55. The van der Waals surface area contributed by atoms with Gasteiger partial charge in [-0.15, -0.1) is 0 Å². The van der Waals surface area contributed by atoms with E-state index in [-0.39, 0.29) is 11.5 Å². The fraction of sp³-hybridized carbons (Fsp3) is 0.0682. The minimum Gasteiger partial charge on any atom is -0.478 e. The molecule has 0 unspecified atom stereocenters. The van der Waals surface area contributed by atoms with Gasteiger partial charge in [0, 0.05) is 35.6 Å². The maximum absolute atomic E-state index is 12.5. The number of carboxylic acids is 1. The number of amides is 1. The van der Waals surface area contributed by atoms with Gasteiger partial charge in [-0.25, -0.2) is 19.7 Å². The monoisotopic (exact) mass is 801 g/mol. The topological polar surface area (TPSA) is 220 Å². The first kappa shape index (κ1) is 38.2. The van der Waals surface area contributed by atoms with Crippen LogP contribution in [0.4, 0.5) is 0 Å². The lowest BCUT2D eigenvalue weighted by atomic mass is 10.1. The number of imidazole rings is 2. The Kier molecular flexibility index (Phi) is 10.9. The summed E-state index contributed by atoms with van der Waals surface area (Å²) in [6.45, 7) is 3.09. The van der Waals surface area contributed by atoms with Gasteiger partial charge >= 0.3 is 5.97 Å². The van der Waals surface area contributed by atoms with Gasteiger partial charge in [0.2, 0.25) is 0 Å². The Morgan fingerprint density at radius 2 is 1.25 bits per heavy atom. The van der Waals surface area contributed by atoms with Crippen molar-refractivity contribution in [1.82, 2.24) is 50.6 Å².